The molecule has 0 N–H and O–H groups in total. The molecule has 0 radical (unpaired) electrons. The summed E-state index contributed by atoms with van der Waals surface area (Å²) in [6.45, 7) is 0. The normalized spacial score (nSPS) is 15.8. The highest BCUT2D eigenvalue weighted by atomic mass is 14.2. The number of hydrogen-bond donors (Lipinski definition) is 0. The van der Waals surface area contributed by atoms with E-state index in [9.17, 15) is 4.11 Å². The van der Waals surface area contributed by atoms with Gasteiger partial charge < -0.3 is 0 Å². The van der Waals surface area contributed by atoms with Crippen LogP contribution >= 0.6 is 0 Å². The van der Waals surface area contributed by atoms with Gasteiger partial charge in [-0.2, -0.15) is 0 Å². The van der Waals surface area contributed by atoms with E-state index in [1.807, 2.05) is 60.7 Å². The Labute approximate surface area is 209 Å². The molecule has 0 aliphatic carbocycles. The second kappa shape index (κ2) is 6.56. The summed E-state index contributed by atoms with van der Waals surface area (Å²) in [7, 11) is 0. The molecular formula is C34H20. The highest BCUT2D eigenvalue weighted by molar-refractivity contribution is 6.29. The first-order chi connectivity index (χ1) is 20.6. The first kappa shape index (κ1) is 11.6. The minimum atomic E-state index is -0.481. The molecule has 8 aromatic rings. The number of benzene rings is 8. The van der Waals surface area contributed by atoms with Gasteiger partial charge in [0.1, 0.15) is 0 Å². The van der Waals surface area contributed by atoms with Gasteiger partial charge >= 0.3 is 0 Å². The summed E-state index contributed by atoms with van der Waals surface area (Å²) in [5, 5.41) is 5.73. The van der Waals surface area contributed by atoms with Crippen molar-refractivity contribution in [2.45, 2.75) is 0 Å². The minimum absolute atomic E-state index is 0.0225. The second-order valence-corrected chi connectivity index (χ2v) is 8.61. The number of fused-ring (bicyclic) bond motifs is 4. The molecule has 0 nitrogen and oxygen atoms in total. The zero-order chi connectivity index (χ0) is 30.1. The van der Waals surface area contributed by atoms with Crippen LogP contribution in [-0.2, 0) is 0 Å². The van der Waals surface area contributed by atoms with Gasteiger partial charge in [-0.3, -0.25) is 0 Å². The lowest BCUT2D eigenvalue weighted by molar-refractivity contribution is 1.73. The minimum Gasteiger partial charge on any atom is -0.0616 e. The Kier molecular flexibility index (Phi) is 2.24. The molecule has 0 amide bonds. The van der Waals surface area contributed by atoms with Gasteiger partial charge in [0, 0.05) is 0 Å². The van der Waals surface area contributed by atoms with Crippen LogP contribution in [0.2, 0.25) is 0 Å². The summed E-state index contributed by atoms with van der Waals surface area (Å²) < 4.78 is 80.2. The summed E-state index contributed by atoms with van der Waals surface area (Å²) in [6.07, 6.45) is 0. The second-order valence-electron chi connectivity index (χ2n) is 8.61. The largest absolute Gasteiger partial charge is 0.0630 e. The fourth-order valence-corrected chi connectivity index (χ4v) is 5.35. The number of hydrogen-bond acceptors (Lipinski definition) is 0. The molecule has 0 aliphatic heterocycles. The molecule has 0 heterocycles. The van der Waals surface area contributed by atoms with E-state index in [0.717, 1.165) is 32.3 Å². The first-order valence-corrected chi connectivity index (χ1v) is 11.1. The van der Waals surface area contributed by atoms with Crippen LogP contribution in [0.1, 0.15) is 12.3 Å². The van der Waals surface area contributed by atoms with Gasteiger partial charge in [0.25, 0.3) is 0 Å². The summed E-state index contributed by atoms with van der Waals surface area (Å²) >= 11 is 0. The Morgan fingerprint density at radius 2 is 1.06 bits per heavy atom. The van der Waals surface area contributed by atoms with Gasteiger partial charge in [-0.15, -0.1) is 0 Å². The Balaban J connectivity index is 1.77. The zero-order valence-electron chi connectivity index (χ0n) is 26.9. The van der Waals surface area contributed by atoms with Crippen molar-refractivity contribution in [3.05, 3.63) is 121 Å². The molecule has 34 heavy (non-hydrogen) atoms. The monoisotopic (exact) mass is 437 g/mol. The molecule has 0 aromatic heterocycles. The van der Waals surface area contributed by atoms with Crippen molar-refractivity contribution >= 4 is 64.6 Å². The average Bonchev–Trinajstić information content (AvgIpc) is 3.01. The topological polar surface area (TPSA) is 0 Å². The molecule has 0 aliphatic rings. The summed E-state index contributed by atoms with van der Waals surface area (Å²) in [5.74, 6) is 0. The molecule has 0 atom stereocenters. The number of rotatable bonds is 1. The molecule has 156 valence electrons. The Morgan fingerprint density at radius 3 is 1.91 bits per heavy atom. The molecule has 0 saturated heterocycles. The van der Waals surface area contributed by atoms with Crippen LogP contribution in [0.25, 0.3) is 75.8 Å². The van der Waals surface area contributed by atoms with E-state index in [1.54, 1.807) is 0 Å². The lowest BCUT2D eigenvalue weighted by Gasteiger charge is -2.18. The van der Waals surface area contributed by atoms with Gasteiger partial charge in [-0.25, -0.2) is 0 Å². The Morgan fingerprint density at radius 1 is 0.412 bits per heavy atom. The summed E-state index contributed by atoms with van der Waals surface area (Å²) in [5.41, 5.74) is 0.896. The fourth-order valence-electron chi connectivity index (χ4n) is 5.35. The van der Waals surface area contributed by atoms with Crippen molar-refractivity contribution in [3.63, 3.8) is 0 Å². The zero-order valence-corrected chi connectivity index (χ0v) is 17.9. The van der Waals surface area contributed by atoms with E-state index in [1.165, 1.54) is 0 Å². The predicted molar refractivity (Wildman–Crippen MR) is 148 cm³/mol. The molecule has 0 fully saturated rings. The van der Waals surface area contributed by atoms with Gasteiger partial charge in [0.15, 0.2) is 0 Å². The molecule has 0 saturated carbocycles. The quantitative estimate of drug-likeness (QED) is 0.177. The molecule has 0 spiro atoms. The molecule has 8 rings (SSSR count). The highest BCUT2D eigenvalue weighted by Crippen LogP contribution is 2.45. The van der Waals surface area contributed by atoms with Crippen molar-refractivity contribution in [1.29, 1.82) is 0 Å². The maximum Gasteiger partial charge on any atom is 0.0630 e. The summed E-state index contributed by atoms with van der Waals surface area (Å²) in [6, 6.07) is 18.5. The van der Waals surface area contributed by atoms with E-state index in [-0.39, 0.29) is 68.1 Å². The van der Waals surface area contributed by atoms with Gasteiger partial charge in [-0.1, -0.05) is 115 Å². The van der Waals surface area contributed by atoms with E-state index in [2.05, 4.69) is 6.07 Å². The van der Waals surface area contributed by atoms with E-state index in [4.69, 9.17) is 8.22 Å². The SMILES string of the molecule is [2H]c1c([2H])c2c([2H])c([2H])c3c([2H])c([2H])c(-c4c5ccccc5cc5ccc6ccccc6c45)c4c([2H])c([2H])c(c1[2H])c2c34. The maximum absolute atomic E-state index is 9.38. The van der Waals surface area contributed by atoms with E-state index in [0.29, 0.717) is 5.56 Å². The third kappa shape index (κ3) is 2.32. The Hall–Kier alpha value is -4.42. The van der Waals surface area contributed by atoms with Crippen molar-refractivity contribution in [2.75, 3.05) is 0 Å². The molecular weight excluding hydrogens is 408 g/mol. The van der Waals surface area contributed by atoms with Crippen LogP contribution in [0.3, 0.4) is 0 Å². The lowest BCUT2D eigenvalue weighted by Crippen LogP contribution is -1.91. The van der Waals surface area contributed by atoms with Crippen LogP contribution in [0, 0.1) is 0 Å². The van der Waals surface area contributed by atoms with Crippen molar-refractivity contribution in [3.8, 4) is 11.1 Å². The average molecular weight is 438 g/mol. The van der Waals surface area contributed by atoms with Crippen LogP contribution in [0.4, 0.5) is 0 Å². The van der Waals surface area contributed by atoms with Crippen LogP contribution in [0.15, 0.2) is 121 Å². The molecule has 0 heteroatoms. The maximum atomic E-state index is 9.38. The molecule has 0 bridgehead atoms. The molecule has 0 unspecified atom stereocenters. The van der Waals surface area contributed by atoms with Crippen molar-refractivity contribution < 1.29 is 12.3 Å². The first-order valence-electron chi connectivity index (χ1n) is 15.6. The third-order valence-electron chi connectivity index (χ3n) is 6.81. The lowest BCUT2D eigenvalue weighted by atomic mass is 9.85. The predicted octanol–water partition coefficient (Wildman–Crippen LogP) is 9.71. The van der Waals surface area contributed by atoms with Crippen molar-refractivity contribution in [2.24, 2.45) is 0 Å². The smallest absolute Gasteiger partial charge is 0.0616 e. The standard InChI is InChI=1S/C34H20/c1-3-10-27-21(6-1)12-15-26-20-25-7-2-4-11-28(25)34(33(26)27)30-19-17-24-14-13-22-8-5-9-23-16-18-29(30)32(24)31(22)23/h1-20H/i5D,8D,9D,13D,14D,16D,17D,18D,19D. The van der Waals surface area contributed by atoms with Crippen LogP contribution in [-0.4, -0.2) is 0 Å². The highest BCUT2D eigenvalue weighted by Gasteiger charge is 2.17. The van der Waals surface area contributed by atoms with Gasteiger partial charge in [-0.05, 0) is 81.8 Å². The van der Waals surface area contributed by atoms with E-state index >= 15 is 0 Å². The van der Waals surface area contributed by atoms with Crippen molar-refractivity contribution in [1.82, 2.24) is 0 Å². The van der Waals surface area contributed by atoms with Gasteiger partial charge in [0.2, 0.25) is 0 Å². The van der Waals surface area contributed by atoms with Crippen LogP contribution < -0.4 is 0 Å². The summed E-state index contributed by atoms with van der Waals surface area (Å²) in [4.78, 5) is 0. The fraction of sp³-hybridized carbons (Fsp3) is 0. The molecule has 8 aromatic carbocycles. The van der Waals surface area contributed by atoms with Gasteiger partial charge in [0.05, 0.1) is 12.3 Å². The Bertz CT molecular complexity index is 2530. The third-order valence-corrected chi connectivity index (χ3v) is 6.81. The van der Waals surface area contributed by atoms with E-state index < -0.39 is 24.2 Å². The van der Waals surface area contributed by atoms with Crippen LogP contribution in [0.5, 0.6) is 0 Å².